The molecule has 4 nitrogen and oxygen atoms in total. The zero-order valence-corrected chi connectivity index (χ0v) is 12.2. The third kappa shape index (κ3) is 4.53. The highest BCUT2D eigenvalue weighted by Gasteiger charge is 2.34. The summed E-state index contributed by atoms with van der Waals surface area (Å²) in [6.45, 7) is 9.25. The Kier molecular flexibility index (Phi) is 5.50. The minimum atomic E-state index is -0.713. The summed E-state index contributed by atoms with van der Waals surface area (Å²) in [5.41, 5.74) is 0.0705. The third-order valence-corrected chi connectivity index (χ3v) is 2.76. The number of hydrogen-bond donors (Lipinski definition) is 1. The molecule has 0 aliphatic heterocycles. The number of rotatable bonds is 5. The molecule has 0 bridgehead atoms. The molecule has 1 aromatic rings. The van der Waals surface area contributed by atoms with Gasteiger partial charge in [0, 0.05) is 5.56 Å². The monoisotopic (exact) mass is 275 g/mol. The Morgan fingerprint density at radius 3 is 2.40 bits per heavy atom. The lowest BCUT2D eigenvalue weighted by molar-refractivity contribution is -0.147. The van der Waals surface area contributed by atoms with Crippen molar-refractivity contribution >= 4 is 11.9 Å². The second-order valence-electron chi connectivity index (χ2n) is 5.56. The van der Waals surface area contributed by atoms with Crippen LogP contribution >= 0.6 is 0 Å². The van der Waals surface area contributed by atoms with E-state index in [0.29, 0.717) is 5.56 Å². The number of carbonyl (C=O) groups excluding carboxylic acids is 2. The van der Waals surface area contributed by atoms with Gasteiger partial charge in [0.25, 0.3) is 5.91 Å². The van der Waals surface area contributed by atoms with Crippen molar-refractivity contribution in [3.63, 3.8) is 0 Å². The SMILES string of the molecule is C=CCOC(=O)[C@H](NC(=O)c1ccccc1)C(C)(C)C. The zero-order valence-electron chi connectivity index (χ0n) is 12.2. The molecular weight excluding hydrogens is 254 g/mol. The van der Waals surface area contributed by atoms with E-state index < -0.39 is 17.4 Å². The van der Waals surface area contributed by atoms with Gasteiger partial charge >= 0.3 is 5.97 Å². The van der Waals surface area contributed by atoms with Crippen LogP contribution in [0.2, 0.25) is 0 Å². The molecule has 0 heterocycles. The second kappa shape index (κ2) is 6.89. The molecule has 0 fully saturated rings. The van der Waals surface area contributed by atoms with Gasteiger partial charge in [0.05, 0.1) is 0 Å². The maximum absolute atomic E-state index is 12.1. The summed E-state index contributed by atoms with van der Waals surface area (Å²) in [4.78, 5) is 24.2. The molecule has 108 valence electrons. The molecule has 0 radical (unpaired) electrons. The average molecular weight is 275 g/mol. The summed E-state index contributed by atoms with van der Waals surface area (Å²) >= 11 is 0. The van der Waals surface area contributed by atoms with Gasteiger partial charge in [0.1, 0.15) is 12.6 Å². The Labute approximate surface area is 119 Å². The van der Waals surface area contributed by atoms with Crippen LogP contribution in [0.4, 0.5) is 0 Å². The fourth-order valence-corrected chi connectivity index (χ4v) is 1.66. The first-order valence-electron chi connectivity index (χ1n) is 6.49. The molecular formula is C16H21NO3. The molecule has 1 N–H and O–H groups in total. The number of nitrogens with one attached hydrogen (secondary N) is 1. The van der Waals surface area contributed by atoms with E-state index in [2.05, 4.69) is 11.9 Å². The number of carbonyl (C=O) groups is 2. The first kappa shape index (κ1) is 16.0. The molecule has 0 aliphatic rings. The van der Waals surface area contributed by atoms with E-state index in [1.165, 1.54) is 6.08 Å². The lowest BCUT2D eigenvalue weighted by Crippen LogP contribution is -2.49. The molecule has 0 unspecified atom stereocenters. The fraction of sp³-hybridized carbons (Fsp3) is 0.375. The standard InChI is InChI=1S/C16H21NO3/c1-5-11-20-15(19)13(16(2,3)4)17-14(18)12-9-7-6-8-10-12/h5-10,13H,1,11H2,2-4H3,(H,17,18)/t13-/m0/s1. The molecule has 1 atom stereocenters. The van der Waals surface area contributed by atoms with Gasteiger partial charge in [-0.05, 0) is 17.5 Å². The Morgan fingerprint density at radius 2 is 1.90 bits per heavy atom. The van der Waals surface area contributed by atoms with Crippen LogP contribution in [0.3, 0.4) is 0 Å². The van der Waals surface area contributed by atoms with Gasteiger partial charge in [-0.25, -0.2) is 4.79 Å². The molecule has 1 aromatic carbocycles. The van der Waals surface area contributed by atoms with Gasteiger partial charge in [0.2, 0.25) is 0 Å². The van der Waals surface area contributed by atoms with Crippen LogP contribution in [0.1, 0.15) is 31.1 Å². The van der Waals surface area contributed by atoms with Crippen molar-refractivity contribution < 1.29 is 14.3 Å². The van der Waals surface area contributed by atoms with Crippen molar-refractivity contribution in [1.82, 2.24) is 5.32 Å². The van der Waals surface area contributed by atoms with E-state index in [4.69, 9.17) is 4.74 Å². The number of benzene rings is 1. The van der Waals surface area contributed by atoms with Crippen LogP contribution in [0.15, 0.2) is 43.0 Å². The van der Waals surface area contributed by atoms with Crippen molar-refractivity contribution in [3.8, 4) is 0 Å². The molecule has 1 amide bonds. The van der Waals surface area contributed by atoms with E-state index in [0.717, 1.165) is 0 Å². The van der Waals surface area contributed by atoms with Crippen LogP contribution in [0.25, 0.3) is 0 Å². The fourth-order valence-electron chi connectivity index (χ4n) is 1.66. The van der Waals surface area contributed by atoms with Crippen LogP contribution in [0, 0.1) is 5.41 Å². The Balaban J connectivity index is 2.83. The Hall–Kier alpha value is -2.10. The first-order valence-corrected chi connectivity index (χ1v) is 6.49. The summed E-state index contributed by atoms with van der Waals surface area (Å²) in [7, 11) is 0. The van der Waals surface area contributed by atoms with Crippen LogP contribution in [-0.4, -0.2) is 24.5 Å². The quantitative estimate of drug-likeness (QED) is 0.663. The summed E-state index contributed by atoms with van der Waals surface area (Å²) in [6, 6.07) is 8.06. The van der Waals surface area contributed by atoms with Crippen molar-refractivity contribution in [2.45, 2.75) is 26.8 Å². The molecule has 0 aromatic heterocycles. The summed E-state index contributed by atoms with van der Waals surface area (Å²) in [6.07, 6.45) is 1.50. The van der Waals surface area contributed by atoms with Gasteiger partial charge in [-0.2, -0.15) is 0 Å². The first-order chi connectivity index (χ1) is 9.36. The molecule has 0 aliphatic carbocycles. The van der Waals surface area contributed by atoms with Crippen LogP contribution in [0.5, 0.6) is 0 Å². The van der Waals surface area contributed by atoms with Gasteiger partial charge in [-0.1, -0.05) is 51.6 Å². The summed E-state index contributed by atoms with van der Waals surface area (Å²) in [5.74, 6) is -0.747. The highest BCUT2D eigenvalue weighted by Crippen LogP contribution is 2.21. The van der Waals surface area contributed by atoms with E-state index in [1.807, 2.05) is 26.8 Å². The molecule has 1 rings (SSSR count). The number of ether oxygens (including phenoxy) is 1. The lowest BCUT2D eigenvalue weighted by atomic mass is 9.86. The topological polar surface area (TPSA) is 55.4 Å². The van der Waals surface area contributed by atoms with E-state index >= 15 is 0 Å². The van der Waals surface area contributed by atoms with E-state index in [1.54, 1.807) is 24.3 Å². The average Bonchev–Trinajstić information content (AvgIpc) is 2.41. The normalized spacial score (nSPS) is 12.3. The Bertz CT molecular complexity index is 474. The third-order valence-electron chi connectivity index (χ3n) is 2.76. The van der Waals surface area contributed by atoms with Gasteiger partial charge in [-0.15, -0.1) is 0 Å². The second-order valence-corrected chi connectivity index (χ2v) is 5.56. The largest absolute Gasteiger partial charge is 0.460 e. The van der Waals surface area contributed by atoms with Gasteiger partial charge in [-0.3, -0.25) is 4.79 Å². The highest BCUT2D eigenvalue weighted by molar-refractivity contribution is 5.96. The highest BCUT2D eigenvalue weighted by atomic mass is 16.5. The molecule has 0 saturated carbocycles. The predicted molar refractivity (Wildman–Crippen MR) is 78.3 cm³/mol. The van der Waals surface area contributed by atoms with Gasteiger partial charge < -0.3 is 10.1 Å². The van der Waals surface area contributed by atoms with Gasteiger partial charge in [0.15, 0.2) is 0 Å². The number of hydrogen-bond acceptors (Lipinski definition) is 3. The van der Waals surface area contributed by atoms with Crippen molar-refractivity contribution in [2.75, 3.05) is 6.61 Å². The molecule has 4 heteroatoms. The Morgan fingerprint density at radius 1 is 1.30 bits per heavy atom. The summed E-state index contributed by atoms with van der Waals surface area (Å²) in [5, 5.41) is 2.73. The maximum Gasteiger partial charge on any atom is 0.329 e. The van der Waals surface area contributed by atoms with Crippen molar-refractivity contribution in [3.05, 3.63) is 48.6 Å². The minimum absolute atomic E-state index is 0.132. The lowest BCUT2D eigenvalue weighted by Gasteiger charge is -2.29. The number of esters is 1. The zero-order chi connectivity index (χ0) is 15.2. The van der Waals surface area contributed by atoms with E-state index in [-0.39, 0.29) is 12.5 Å². The molecule has 0 saturated heterocycles. The predicted octanol–water partition coefficient (Wildman–Crippen LogP) is 2.56. The summed E-state index contributed by atoms with van der Waals surface area (Å²) < 4.78 is 5.04. The molecule has 0 spiro atoms. The van der Waals surface area contributed by atoms with E-state index in [9.17, 15) is 9.59 Å². The number of amides is 1. The molecule has 20 heavy (non-hydrogen) atoms. The van der Waals surface area contributed by atoms with Crippen LogP contribution < -0.4 is 5.32 Å². The van der Waals surface area contributed by atoms with Crippen LogP contribution in [-0.2, 0) is 9.53 Å². The smallest absolute Gasteiger partial charge is 0.329 e. The maximum atomic E-state index is 12.1. The van der Waals surface area contributed by atoms with Crippen molar-refractivity contribution in [2.24, 2.45) is 5.41 Å². The van der Waals surface area contributed by atoms with Crippen molar-refractivity contribution in [1.29, 1.82) is 0 Å². The minimum Gasteiger partial charge on any atom is -0.460 e.